The molecule has 6 aromatic rings. The highest BCUT2D eigenvalue weighted by molar-refractivity contribution is 6.08. The second kappa shape index (κ2) is 13.4. The number of fused-ring (bicyclic) bond motifs is 3. The van der Waals surface area contributed by atoms with Gasteiger partial charge in [0.05, 0.1) is 35.7 Å². The van der Waals surface area contributed by atoms with E-state index in [1.165, 1.54) is 22.5 Å². The predicted octanol–water partition coefficient (Wildman–Crippen LogP) is 4.91. The molecular formula is C38H38N12O3. The van der Waals surface area contributed by atoms with Crippen molar-refractivity contribution >= 4 is 51.5 Å². The van der Waals surface area contributed by atoms with Gasteiger partial charge >= 0.3 is 6.03 Å². The number of piperidine rings is 1. The van der Waals surface area contributed by atoms with Gasteiger partial charge in [-0.2, -0.15) is 15.5 Å². The lowest BCUT2D eigenvalue weighted by molar-refractivity contribution is -0.120. The molecule has 0 spiro atoms. The number of anilines is 2. The van der Waals surface area contributed by atoms with Crippen LogP contribution in [0, 0.1) is 17.2 Å². The van der Waals surface area contributed by atoms with E-state index in [1.54, 1.807) is 17.3 Å². The Bertz CT molecular complexity index is 2420. The fourth-order valence-electron chi connectivity index (χ4n) is 8.31. The summed E-state index contributed by atoms with van der Waals surface area (Å²) < 4.78 is 5.52. The van der Waals surface area contributed by atoms with Gasteiger partial charge in [0, 0.05) is 49.2 Å². The number of hydrogen-bond acceptors (Lipinski definition) is 9. The molecule has 268 valence electrons. The minimum absolute atomic E-state index is 0.245. The highest BCUT2D eigenvalue weighted by Gasteiger charge is 2.30. The van der Waals surface area contributed by atoms with E-state index in [0.29, 0.717) is 52.7 Å². The summed E-state index contributed by atoms with van der Waals surface area (Å²) in [6, 6.07) is 11.9. The summed E-state index contributed by atoms with van der Waals surface area (Å²) in [4.78, 5) is 50.4. The SMILES string of the molecule is N#Cc1cnc2c(C(=O)Nc3ccc4nn([C@H]5CC[C@H](CN6CCC(c7cccn8c(N9CCC(=O)NC9=O)cnc78)CC6)CC5)cc4c3)cnn2c1. The number of nitrogens with one attached hydrogen (secondary N) is 2. The van der Waals surface area contributed by atoms with Crippen LogP contribution < -0.4 is 15.5 Å². The zero-order valence-corrected chi connectivity index (χ0v) is 29.1. The minimum Gasteiger partial charge on any atom is -0.322 e. The number of carbonyl (C=O) groups is 3. The number of benzene rings is 1. The number of imidazole rings is 1. The van der Waals surface area contributed by atoms with Gasteiger partial charge in [-0.25, -0.2) is 19.3 Å². The molecule has 1 aromatic carbocycles. The van der Waals surface area contributed by atoms with Crippen LogP contribution in [0.1, 0.15) is 78.4 Å². The normalized spacial score (nSPS) is 20.2. The zero-order valence-electron chi connectivity index (χ0n) is 29.1. The minimum atomic E-state index is -0.400. The number of imide groups is 1. The van der Waals surface area contributed by atoms with Gasteiger partial charge in [0.15, 0.2) is 5.65 Å². The van der Waals surface area contributed by atoms with Gasteiger partial charge in [0.2, 0.25) is 5.91 Å². The van der Waals surface area contributed by atoms with Crippen LogP contribution in [0.3, 0.4) is 0 Å². The Hall–Kier alpha value is -6.14. The molecule has 15 nitrogen and oxygen atoms in total. The first kappa shape index (κ1) is 32.7. The van der Waals surface area contributed by atoms with Crippen molar-refractivity contribution in [3.63, 3.8) is 0 Å². The van der Waals surface area contributed by atoms with E-state index in [-0.39, 0.29) is 18.2 Å². The maximum absolute atomic E-state index is 13.1. The summed E-state index contributed by atoms with van der Waals surface area (Å²) in [6.45, 7) is 3.57. The Balaban J connectivity index is 0.781. The number of urea groups is 1. The Morgan fingerprint density at radius 2 is 1.79 bits per heavy atom. The van der Waals surface area contributed by atoms with Crippen LogP contribution in [0.15, 0.2) is 67.5 Å². The molecule has 1 saturated carbocycles. The first-order valence-corrected chi connectivity index (χ1v) is 18.2. The van der Waals surface area contributed by atoms with Crippen LogP contribution in [0.2, 0.25) is 0 Å². The second-order valence-corrected chi connectivity index (χ2v) is 14.4. The van der Waals surface area contributed by atoms with Crippen molar-refractivity contribution in [2.45, 2.75) is 56.9 Å². The number of nitriles is 1. The van der Waals surface area contributed by atoms with Crippen LogP contribution in [-0.4, -0.2) is 82.7 Å². The van der Waals surface area contributed by atoms with E-state index in [1.807, 2.05) is 40.9 Å². The fourth-order valence-corrected chi connectivity index (χ4v) is 8.31. The van der Waals surface area contributed by atoms with Gasteiger partial charge < -0.3 is 10.2 Å². The van der Waals surface area contributed by atoms with E-state index >= 15 is 0 Å². The van der Waals surface area contributed by atoms with E-state index < -0.39 is 6.03 Å². The van der Waals surface area contributed by atoms with Crippen LogP contribution in [0.25, 0.3) is 22.2 Å². The third kappa shape index (κ3) is 6.24. The van der Waals surface area contributed by atoms with Crippen molar-refractivity contribution < 1.29 is 14.4 Å². The molecule has 0 unspecified atom stereocenters. The van der Waals surface area contributed by atoms with Crippen molar-refractivity contribution in [1.82, 2.24) is 44.0 Å². The molecule has 2 aliphatic heterocycles. The monoisotopic (exact) mass is 710 g/mol. The van der Waals surface area contributed by atoms with Crippen LogP contribution in [-0.2, 0) is 4.79 Å². The van der Waals surface area contributed by atoms with Crippen LogP contribution in [0.4, 0.5) is 16.3 Å². The zero-order chi connectivity index (χ0) is 36.1. The van der Waals surface area contributed by atoms with Crippen LogP contribution in [0.5, 0.6) is 0 Å². The van der Waals surface area contributed by atoms with Gasteiger partial charge in [-0.1, -0.05) is 6.07 Å². The Morgan fingerprint density at radius 1 is 0.962 bits per heavy atom. The molecule has 2 N–H and O–H groups in total. The van der Waals surface area contributed by atoms with Gasteiger partial charge in [-0.05, 0) is 93.3 Å². The molecule has 0 atom stereocenters. The van der Waals surface area contributed by atoms with E-state index in [9.17, 15) is 14.4 Å². The third-order valence-corrected chi connectivity index (χ3v) is 11.1. The number of rotatable bonds is 7. The molecule has 4 amide bonds. The number of hydrogen-bond donors (Lipinski definition) is 2. The predicted molar refractivity (Wildman–Crippen MR) is 195 cm³/mol. The van der Waals surface area contributed by atoms with Crippen molar-refractivity contribution in [3.8, 4) is 6.07 Å². The van der Waals surface area contributed by atoms with Crippen molar-refractivity contribution in [2.75, 3.05) is 36.4 Å². The highest BCUT2D eigenvalue weighted by Crippen LogP contribution is 2.36. The highest BCUT2D eigenvalue weighted by atomic mass is 16.2. The van der Waals surface area contributed by atoms with Gasteiger partial charge in [-0.15, -0.1) is 0 Å². The fraction of sp³-hybridized carbons (Fsp3) is 0.368. The van der Waals surface area contributed by atoms with Crippen molar-refractivity contribution in [3.05, 3.63) is 84.2 Å². The molecule has 53 heavy (non-hydrogen) atoms. The first-order chi connectivity index (χ1) is 25.9. The maximum atomic E-state index is 13.1. The van der Waals surface area contributed by atoms with E-state index in [2.05, 4.69) is 42.6 Å². The van der Waals surface area contributed by atoms with E-state index in [0.717, 1.165) is 74.7 Å². The molecule has 0 radical (unpaired) electrons. The van der Waals surface area contributed by atoms with Crippen molar-refractivity contribution in [2.24, 2.45) is 5.92 Å². The third-order valence-electron chi connectivity index (χ3n) is 11.1. The molecule has 9 rings (SSSR count). The quantitative estimate of drug-likeness (QED) is 0.234. The molecule has 1 aliphatic carbocycles. The summed E-state index contributed by atoms with van der Waals surface area (Å²) in [6.07, 6.45) is 17.1. The Morgan fingerprint density at radius 3 is 2.60 bits per heavy atom. The number of likely N-dealkylation sites (tertiary alicyclic amines) is 1. The van der Waals surface area contributed by atoms with Crippen molar-refractivity contribution in [1.29, 1.82) is 5.26 Å². The molecule has 0 bridgehead atoms. The van der Waals surface area contributed by atoms with Crippen LogP contribution >= 0.6 is 0 Å². The average molecular weight is 711 g/mol. The standard InChI is InChI=1S/C38H38N12O3/c39-17-25-18-40-36-31(19-42-50(36)22-25)37(52)43-28-5-8-32-27(16-28)23-49(45-32)29-6-3-24(4-7-29)21-46-13-9-26(10-14-46)30-2-1-12-47-34(20-41-35(30)47)48-15-11-33(51)44-38(48)53/h1-2,5,8,12,16,18-20,22-24,26,29H,3-4,6-7,9-11,13-15,21H2,(H,43,52)(H,44,51,53)/t24-,29-. The number of carbonyl (C=O) groups excluding carboxylic acids is 3. The lowest BCUT2D eigenvalue weighted by atomic mass is 9.84. The molecule has 5 aromatic heterocycles. The summed E-state index contributed by atoms with van der Waals surface area (Å²) in [5, 5.41) is 24.5. The second-order valence-electron chi connectivity index (χ2n) is 14.4. The van der Waals surface area contributed by atoms with Gasteiger partial charge in [0.1, 0.15) is 23.1 Å². The van der Waals surface area contributed by atoms with Gasteiger partial charge in [0.25, 0.3) is 5.91 Å². The lowest BCUT2D eigenvalue weighted by Crippen LogP contribution is -2.50. The number of pyridine rings is 1. The average Bonchev–Trinajstić information content (AvgIpc) is 3.92. The smallest absolute Gasteiger partial charge is 0.322 e. The summed E-state index contributed by atoms with van der Waals surface area (Å²) in [5.41, 5.74) is 4.75. The number of amides is 4. The summed E-state index contributed by atoms with van der Waals surface area (Å²) in [7, 11) is 0. The Kier molecular flexibility index (Phi) is 8.31. The topological polar surface area (TPSA) is 171 Å². The first-order valence-electron chi connectivity index (χ1n) is 18.2. The molecule has 2 saturated heterocycles. The Labute approximate surface area is 304 Å². The molecular weight excluding hydrogens is 672 g/mol. The molecule has 3 aliphatic rings. The maximum Gasteiger partial charge on any atom is 0.329 e. The van der Waals surface area contributed by atoms with E-state index in [4.69, 9.17) is 15.3 Å². The summed E-state index contributed by atoms with van der Waals surface area (Å²) in [5.74, 6) is 1.19. The largest absolute Gasteiger partial charge is 0.329 e. The molecule has 7 heterocycles. The molecule has 15 heteroatoms. The number of nitrogens with zero attached hydrogens (tertiary/aromatic N) is 10. The summed E-state index contributed by atoms with van der Waals surface area (Å²) >= 11 is 0. The lowest BCUT2D eigenvalue weighted by Gasteiger charge is -2.36. The molecule has 3 fully saturated rings. The van der Waals surface area contributed by atoms with Gasteiger partial charge in [-0.3, -0.25) is 28.9 Å². The number of aromatic nitrogens is 7.